The number of hydrogen-bond acceptors (Lipinski definition) is 7. The Morgan fingerprint density at radius 3 is 2.77 bits per heavy atom. The van der Waals surface area contributed by atoms with Gasteiger partial charge in [-0.3, -0.25) is 4.72 Å². The lowest BCUT2D eigenvalue weighted by Crippen LogP contribution is -2.22. The normalized spacial score (nSPS) is 12.9. The van der Waals surface area contributed by atoms with Crippen LogP contribution < -0.4 is 9.46 Å². The van der Waals surface area contributed by atoms with E-state index in [4.69, 9.17) is 4.74 Å². The van der Waals surface area contributed by atoms with Gasteiger partial charge in [0.15, 0.2) is 0 Å². The van der Waals surface area contributed by atoms with Gasteiger partial charge in [0.2, 0.25) is 0 Å². The van der Waals surface area contributed by atoms with E-state index in [2.05, 4.69) is 14.0 Å². The smallest absolute Gasteiger partial charge is 0.341 e. The molecule has 1 aliphatic heterocycles. The van der Waals surface area contributed by atoms with Gasteiger partial charge in [-0.1, -0.05) is 26.0 Å². The summed E-state index contributed by atoms with van der Waals surface area (Å²) in [5, 5.41) is 9.90. The van der Waals surface area contributed by atoms with Gasteiger partial charge in [-0.05, 0) is 60.5 Å². The van der Waals surface area contributed by atoms with Crippen LogP contribution >= 0.6 is 11.5 Å². The van der Waals surface area contributed by atoms with Gasteiger partial charge in [-0.2, -0.15) is 0 Å². The topological polar surface area (TPSA) is 109 Å². The highest BCUT2D eigenvalue weighted by Gasteiger charge is 2.29. The Morgan fingerprint density at radius 1 is 1.29 bits per heavy atom. The molecule has 0 saturated carbocycles. The van der Waals surface area contributed by atoms with E-state index in [0.717, 1.165) is 41.7 Å². The van der Waals surface area contributed by atoms with E-state index in [1.807, 2.05) is 13.8 Å². The molecule has 0 aliphatic carbocycles. The van der Waals surface area contributed by atoms with Crippen molar-refractivity contribution in [2.24, 2.45) is 0 Å². The Bertz CT molecular complexity index is 1400. The van der Waals surface area contributed by atoms with Crippen molar-refractivity contribution in [3.63, 3.8) is 0 Å². The van der Waals surface area contributed by atoms with E-state index < -0.39 is 21.8 Å². The minimum atomic E-state index is -4.26. The second-order valence-corrected chi connectivity index (χ2v) is 10.3. The van der Waals surface area contributed by atoms with Crippen LogP contribution in [0.2, 0.25) is 0 Å². The number of carboxylic acids is 1. The summed E-state index contributed by atoms with van der Waals surface area (Å²) in [4.78, 5) is 14.9. The first kappa shape index (κ1) is 24.8. The maximum absolute atomic E-state index is 14.0. The van der Waals surface area contributed by atoms with Gasteiger partial charge in [0.25, 0.3) is 10.0 Å². The number of anilines is 1. The summed E-state index contributed by atoms with van der Waals surface area (Å²) in [6.07, 6.45) is 4.97. The average molecular weight is 518 g/mol. The van der Waals surface area contributed by atoms with Crippen LogP contribution in [-0.2, 0) is 16.6 Å². The molecular formula is C24H24FN3O5S2. The van der Waals surface area contributed by atoms with Crippen LogP contribution in [0.4, 0.5) is 10.1 Å². The number of carbonyl (C=O) groups is 1. The molecule has 2 N–H and O–H groups in total. The molecule has 2 heterocycles. The standard InChI is InChI=1S/C24H24FN3O5S2/c1-3-28(4-2)11-5-6-15-12-17(25)7-10-20(15)35(31,32)27-19-9-8-18-22(21(19)24(29)30)33-14-16-13-26-34-23(16)18/h5-10,12-13,27H,3-4,11,14H2,1-2H3,(H,29,30). The summed E-state index contributed by atoms with van der Waals surface area (Å²) in [5.74, 6) is -1.85. The molecule has 0 unspecified atom stereocenters. The summed E-state index contributed by atoms with van der Waals surface area (Å²) < 4.78 is 52.8. The van der Waals surface area contributed by atoms with Crippen molar-refractivity contribution in [2.45, 2.75) is 25.3 Å². The lowest BCUT2D eigenvalue weighted by atomic mass is 10.0. The summed E-state index contributed by atoms with van der Waals surface area (Å²) in [7, 11) is -4.26. The van der Waals surface area contributed by atoms with E-state index in [1.165, 1.54) is 17.6 Å². The first-order valence-corrected chi connectivity index (χ1v) is 13.2. The third-order valence-corrected chi connectivity index (χ3v) is 8.01. The summed E-state index contributed by atoms with van der Waals surface area (Å²) >= 11 is 1.21. The van der Waals surface area contributed by atoms with Crippen molar-refractivity contribution < 1.29 is 27.4 Å². The van der Waals surface area contributed by atoms with Crippen LogP contribution in [0.3, 0.4) is 0 Å². The van der Waals surface area contributed by atoms with Gasteiger partial charge in [-0.25, -0.2) is 22.0 Å². The Kier molecular flexibility index (Phi) is 7.20. The molecular weight excluding hydrogens is 493 g/mol. The van der Waals surface area contributed by atoms with Crippen LogP contribution in [0.15, 0.2) is 47.5 Å². The van der Waals surface area contributed by atoms with E-state index >= 15 is 0 Å². The number of benzene rings is 2. The molecule has 0 fully saturated rings. The first-order chi connectivity index (χ1) is 16.7. The Hall–Kier alpha value is -3.28. The number of aromatic nitrogens is 1. The Labute approximate surface area is 206 Å². The number of sulfonamides is 1. The maximum atomic E-state index is 14.0. The molecule has 1 aliphatic rings. The van der Waals surface area contributed by atoms with Gasteiger partial charge >= 0.3 is 5.97 Å². The molecule has 35 heavy (non-hydrogen) atoms. The van der Waals surface area contributed by atoms with Gasteiger partial charge < -0.3 is 14.7 Å². The molecule has 11 heteroatoms. The molecule has 2 aromatic carbocycles. The van der Waals surface area contributed by atoms with Crippen molar-refractivity contribution in [3.05, 3.63) is 65.1 Å². The fourth-order valence-electron chi connectivity index (χ4n) is 3.85. The van der Waals surface area contributed by atoms with Crippen LogP contribution in [0.25, 0.3) is 16.5 Å². The predicted octanol–water partition coefficient (Wildman–Crippen LogP) is 4.70. The van der Waals surface area contributed by atoms with Gasteiger partial charge in [-0.15, -0.1) is 0 Å². The summed E-state index contributed by atoms with van der Waals surface area (Å²) in [5.41, 5.74) is 1.08. The van der Waals surface area contributed by atoms with E-state index in [9.17, 15) is 22.7 Å². The first-order valence-electron chi connectivity index (χ1n) is 10.9. The highest BCUT2D eigenvalue weighted by molar-refractivity contribution is 7.92. The van der Waals surface area contributed by atoms with Crippen molar-refractivity contribution in [3.8, 4) is 16.2 Å². The lowest BCUT2D eigenvalue weighted by Gasteiger charge is -2.21. The van der Waals surface area contributed by atoms with Gasteiger partial charge in [0.1, 0.15) is 23.7 Å². The number of carboxylic acid groups (broad SMARTS) is 1. The molecule has 1 aromatic heterocycles. The molecule has 8 nitrogen and oxygen atoms in total. The van der Waals surface area contributed by atoms with Gasteiger partial charge in [0, 0.05) is 23.9 Å². The molecule has 0 radical (unpaired) electrons. The highest BCUT2D eigenvalue weighted by Crippen LogP contribution is 2.44. The minimum absolute atomic E-state index is 0.0768. The quantitative estimate of drug-likeness (QED) is 0.424. The third kappa shape index (κ3) is 5.07. The number of hydrogen-bond donors (Lipinski definition) is 2. The molecule has 184 valence electrons. The van der Waals surface area contributed by atoms with Crippen molar-refractivity contribution in [2.75, 3.05) is 24.4 Å². The molecule has 0 spiro atoms. The zero-order valence-corrected chi connectivity index (χ0v) is 20.7. The van der Waals surface area contributed by atoms with Crippen molar-refractivity contribution in [1.82, 2.24) is 9.27 Å². The number of halogens is 1. The second kappa shape index (κ2) is 10.1. The number of ether oxygens (including phenoxy) is 1. The Morgan fingerprint density at radius 2 is 2.06 bits per heavy atom. The van der Waals surface area contributed by atoms with Gasteiger partial charge in [0.05, 0.1) is 15.5 Å². The van der Waals surface area contributed by atoms with Crippen LogP contribution in [0.5, 0.6) is 5.75 Å². The minimum Gasteiger partial charge on any atom is -0.487 e. The maximum Gasteiger partial charge on any atom is 0.341 e. The Balaban J connectivity index is 1.72. The molecule has 4 rings (SSSR count). The van der Waals surface area contributed by atoms with Crippen LogP contribution in [0, 0.1) is 5.82 Å². The van der Waals surface area contributed by atoms with E-state index in [-0.39, 0.29) is 34.1 Å². The molecule has 0 amide bonds. The average Bonchev–Trinajstić information content (AvgIpc) is 3.30. The lowest BCUT2D eigenvalue weighted by molar-refractivity contribution is 0.0693. The number of nitrogens with zero attached hydrogens (tertiary/aromatic N) is 2. The number of nitrogens with one attached hydrogen (secondary N) is 1. The summed E-state index contributed by atoms with van der Waals surface area (Å²) in [6.45, 7) is 6.36. The fraction of sp³-hybridized carbons (Fsp3) is 0.250. The number of fused-ring (bicyclic) bond motifs is 3. The predicted molar refractivity (Wildman–Crippen MR) is 133 cm³/mol. The van der Waals surface area contributed by atoms with E-state index in [0.29, 0.717) is 12.1 Å². The van der Waals surface area contributed by atoms with Crippen LogP contribution in [-0.4, -0.2) is 48.4 Å². The SMILES string of the molecule is CCN(CC)CC=Cc1cc(F)ccc1S(=O)(=O)Nc1ccc2c(c1C(=O)O)OCc1cnsc1-2. The number of likely N-dealkylation sites (N-methyl/N-ethyl adjacent to an activating group) is 1. The molecule has 3 aromatic rings. The molecule has 0 atom stereocenters. The largest absolute Gasteiger partial charge is 0.487 e. The number of aromatic carboxylic acids is 1. The monoisotopic (exact) mass is 517 g/mol. The summed E-state index contributed by atoms with van der Waals surface area (Å²) in [6, 6.07) is 6.33. The zero-order valence-electron chi connectivity index (χ0n) is 19.1. The fourth-order valence-corrected chi connectivity index (χ4v) is 5.88. The zero-order chi connectivity index (χ0) is 25.2. The van der Waals surface area contributed by atoms with Crippen molar-refractivity contribution in [1.29, 1.82) is 0 Å². The second-order valence-electron chi connectivity index (χ2n) is 7.81. The van der Waals surface area contributed by atoms with Crippen molar-refractivity contribution >= 4 is 39.3 Å². The van der Waals surface area contributed by atoms with Crippen LogP contribution in [0.1, 0.15) is 35.3 Å². The van der Waals surface area contributed by atoms with E-state index in [1.54, 1.807) is 24.4 Å². The highest BCUT2D eigenvalue weighted by atomic mass is 32.2. The molecule has 0 saturated heterocycles. The number of rotatable bonds is 9. The molecule has 0 bridgehead atoms. The third-order valence-electron chi connectivity index (χ3n) is 5.69.